The molecular formula is C12H16FN3O2. The zero-order valence-electron chi connectivity index (χ0n) is 9.90. The molecule has 1 amide bonds. The van der Waals surface area contributed by atoms with Gasteiger partial charge in [-0.3, -0.25) is 0 Å². The highest BCUT2D eigenvalue weighted by molar-refractivity contribution is 5.64. The molecule has 1 aromatic rings. The van der Waals surface area contributed by atoms with Crippen molar-refractivity contribution in [3.63, 3.8) is 0 Å². The Labute approximate surface area is 104 Å². The van der Waals surface area contributed by atoms with Crippen LogP contribution in [0, 0.1) is 11.7 Å². The van der Waals surface area contributed by atoms with Crippen molar-refractivity contribution in [1.29, 1.82) is 0 Å². The number of nitrogen functional groups attached to an aromatic ring is 1. The average molecular weight is 253 g/mol. The van der Waals surface area contributed by atoms with Gasteiger partial charge in [0, 0.05) is 25.3 Å². The molecule has 0 bridgehead atoms. The molecule has 0 spiro atoms. The third kappa shape index (κ3) is 2.82. The van der Waals surface area contributed by atoms with Gasteiger partial charge < -0.3 is 21.1 Å². The van der Waals surface area contributed by atoms with E-state index in [-0.39, 0.29) is 11.7 Å². The van der Waals surface area contributed by atoms with E-state index >= 15 is 0 Å². The van der Waals surface area contributed by atoms with Crippen LogP contribution in [0.4, 0.5) is 20.6 Å². The highest BCUT2D eigenvalue weighted by Crippen LogP contribution is 2.27. The van der Waals surface area contributed by atoms with Crippen LogP contribution < -0.4 is 16.0 Å². The van der Waals surface area contributed by atoms with E-state index in [9.17, 15) is 9.18 Å². The fourth-order valence-corrected chi connectivity index (χ4v) is 2.23. The first kappa shape index (κ1) is 12.5. The van der Waals surface area contributed by atoms with Crippen molar-refractivity contribution in [2.24, 2.45) is 5.92 Å². The summed E-state index contributed by atoms with van der Waals surface area (Å²) in [5.74, 6) is -0.111. The van der Waals surface area contributed by atoms with Crippen LogP contribution in [-0.4, -0.2) is 30.8 Å². The number of hydrogen-bond donors (Lipinski definition) is 3. The fraction of sp³-hybridized carbons (Fsp3) is 0.417. The summed E-state index contributed by atoms with van der Waals surface area (Å²) < 4.78 is 13.7. The molecule has 1 aliphatic heterocycles. The maximum absolute atomic E-state index is 13.7. The Morgan fingerprint density at radius 2 is 2.39 bits per heavy atom. The van der Waals surface area contributed by atoms with E-state index in [4.69, 9.17) is 10.8 Å². The first-order valence-corrected chi connectivity index (χ1v) is 5.83. The molecule has 0 radical (unpaired) electrons. The van der Waals surface area contributed by atoms with Crippen LogP contribution in [0.5, 0.6) is 0 Å². The molecule has 6 heteroatoms. The zero-order valence-corrected chi connectivity index (χ0v) is 9.90. The lowest BCUT2D eigenvalue weighted by molar-refractivity contribution is 0.192. The summed E-state index contributed by atoms with van der Waals surface area (Å²) in [7, 11) is 0. The number of anilines is 2. The Morgan fingerprint density at radius 1 is 1.61 bits per heavy atom. The second kappa shape index (κ2) is 5.12. The summed E-state index contributed by atoms with van der Waals surface area (Å²) in [6.07, 6.45) is -0.170. The zero-order chi connectivity index (χ0) is 13.1. The minimum Gasteiger partial charge on any atom is -0.465 e. The summed E-state index contributed by atoms with van der Waals surface area (Å²) >= 11 is 0. The highest BCUT2D eigenvalue weighted by atomic mass is 19.1. The molecule has 0 unspecified atom stereocenters. The number of benzene rings is 1. The van der Waals surface area contributed by atoms with Crippen molar-refractivity contribution in [2.45, 2.75) is 6.42 Å². The van der Waals surface area contributed by atoms with E-state index in [1.807, 2.05) is 4.90 Å². The smallest absolute Gasteiger partial charge is 0.404 e. The summed E-state index contributed by atoms with van der Waals surface area (Å²) in [6.45, 7) is 1.79. The molecule has 2 rings (SSSR count). The number of amides is 1. The van der Waals surface area contributed by atoms with Crippen molar-refractivity contribution in [2.75, 3.05) is 30.3 Å². The third-order valence-electron chi connectivity index (χ3n) is 3.14. The minimum atomic E-state index is -1.02. The number of nitrogens with one attached hydrogen (secondary N) is 1. The van der Waals surface area contributed by atoms with Gasteiger partial charge in [-0.05, 0) is 30.5 Å². The van der Waals surface area contributed by atoms with Gasteiger partial charge in [0.2, 0.25) is 0 Å². The van der Waals surface area contributed by atoms with Crippen LogP contribution in [0.1, 0.15) is 6.42 Å². The number of carbonyl (C=O) groups is 1. The van der Waals surface area contributed by atoms with E-state index in [1.54, 1.807) is 12.1 Å². The van der Waals surface area contributed by atoms with Gasteiger partial charge in [-0.2, -0.15) is 0 Å². The Balaban J connectivity index is 1.97. The normalized spacial score (nSPS) is 18.9. The number of carboxylic acid groups (broad SMARTS) is 1. The molecule has 4 N–H and O–H groups in total. The predicted molar refractivity (Wildman–Crippen MR) is 67.2 cm³/mol. The van der Waals surface area contributed by atoms with Gasteiger partial charge >= 0.3 is 6.09 Å². The lowest BCUT2D eigenvalue weighted by Crippen LogP contribution is -2.29. The molecule has 0 aromatic heterocycles. The molecule has 1 aliphatic rings. The first-order chi connectivity index (χ1) is 8.56. The van der Waals surface area contributed by atoms with Crippen molar-refractivity contribution < 1.29 is 14.3 Å². The summed E-state index contributed by atoms with van der Waals surface area (Å²) in [4.78, 5) is 12.3. The average Bonchev–Trinajstić information content (AvgIpc) is 2.75. The summed E-state index contributed by atoms with van der Waals surface area (Å²) in [6, 6.07) is 4.64. The van der Waals surface area contributed by atoms with Gasteiger partial charge in [-0.15, -0.1) is 0 Å². The van der Waals surface area contributed by atoms with Gasteiger partial charge in [0.1, 0.15) is 5.82 Å². The van der Waals surface area contributed by atoms with Crippen LogP contribution >= 0.6 is 0 Å². The van der Waals surface area contributed by atoms with Crippen molar-refractivity contribution in [3.05, 3.63) is 24.0 Å². The van der Waals surface area contributed by atoms with Crippen molar-refractivity contribution in [3.8, 4) is 0 Å². The molecule has 1 aromatic carbocycles. The number of hydrogen-bond acceptors (Lipinski definition) is 3. The van der Waals surface area contributed by atoms with E-state index in [0.29, 0.717) is 24.5 Å². The van der Waals surface area contributed by atoms with Crippen LogP contribution in [0.15, 0.2) is 18.2 Å². The Kier molecular flexibility index (Phi) is 3.55. The molecule has 0 aliphatic carbocycles. The quantitative estimate of drug-likeness (QED) is 0.713. The molecule has 0 saturated carbocycles. The third-order valence-corrected chi connectivity index (χ3v) is 3.14. The Hall–Kier alpha value is -1.98. The molecule has 1 fully saturated rings. The van der Waals surface area contributed by atoms with E-state index in [2.05, 4.69) is 5.32 Å². The van der Waals surface area contributed by atoms with Crippen LogP contribution in [0.2, 0.25) is 0 Å². The fourth-order valence-electron chi connectivity index (χ4n) is 2.23. The van der Waals surface area contributed by atoms with E-state index in [0.717, 1.165) is 13.0 Å². The summed E-state index contributed by atoms with van der Waals surface area (Å²) in [5, 5.41) is 10.9. The van der Waals surface area contributed by atoms with Crippen LogP contribution in [0.3, 0.4) is 0 Å². The second-order valence-corrected chi connectivity index (χ2v) is 4.50. The summed E-state index contributed by atoms with van der Waals surface area (Å²) in [5.41, 5.74) is 6.43. The van der Waals surface area contributed by atoms with Crippen LogP contribution in [-0.2, 0) is 0 Å². The highest BCUT2D eigenvalue weighted by Gasteiger charge is 2.24. The topological polar surface area (TPSA) is 78.6 Å². The van der Waals surface area contributed by atoms with Gasteiger partial charge in [-0.1, -0.05) is 0 Å². The number of rotatable bonds is 3. The molecule has 1 atom stereocenters. The molecule has 18 heavy (non-hydrogen) atoms. The van der Waals surface area contributed by atoms with Crippen LogP contribution in [0.25, 0.3) is 0 Å². The maximum Gasteiger partial charge on any atom is 0.404 e. The molecule has 5 nitrogen and oxygen atoms in total. The first-order valence-electron chi connectivity index (χ1n) is 5.83. The van der Waals surface area contributed by atoms with Gasteiger partial charge in [0.15, 0.2) is 0 Å². The van der Waals surface area contributed by atoms with Crippen molar-refractivity contribution in [1.82, 2.24) is 5.32 Å². The molecule has 98 valence electrons. The maximum atomic E-state index is 13.7. The minimum absolute atomic E-state index is 0.220. The largest absolute Gasteiger partial charge is 0.465 e. The van der Waals surface area contributed by atoms with Crippen molar-refractivity contribution >= 4 is 17.5 Å². The lowest BCUT2D eigenvalue weighted by Gasteiger charge is -2.19. The van der Waals surface area contributed by atoms with Gasteiger partial charge in [0.25, 0.3) is 0 Å². The Morgan fingerprint density at radius 3 is 3.06 bits per heavy atom. The molecular weight excluding hydrogens is 237 g/mol. The Bertz CT molecular complexity index is 453. The van der Waals surface area contributed by atoms with E-state index in [1.165, 1.54) is 6.07 Å². The number of halogens is 1. The lowest BCUT2D eigenvalue weighted by atomic mass is 10.1. The second-order valence-electron chi connectivity index (χ2n) is 4.50. The van der Waals surface area contributed by atoms with Gasteiger partial charge in [-0.25, -0.2) is 9.18 Å². The monoisotopic (exact) mass is 253 g/mol. The molecule has 1 heterocycles. The predicted octanol–water partition coefficient (Wildman–Crippen LogP) is 1.50. The molecule has 1 saturated heterocycles. The SMILES string of the molecule is Nc1ccc(N2CC[C@H](CNC(=O)O)C2)c(F)c1. The van der Waals surface area contributed by atoms with Gasteiger partial charge in [0.05, 0.1) is 5.69 Å². The number of nitrogens with two attached hydrogens (primary N) is 1. The number of nitrogens with zero attached hydrogens (tertiary/aromatic N) is 1. The van der Waals surface area contributed by atoms with E-state index < -0.39 is 6.09 Å². The standard InChI is InChI=1S/C12H16FN3O2/c13-10-5-9(14)1-2-11(10)16-4-3-8(7-16)6-15-12(17)18/h1-2,5,8,15H,3-4,6-7,14H2,(H,17,18)/t8-/m1/s1.